The lowest BCUT2D eigenvalue weighted by molar-refractivity contribution is 0.0765. The van der Waals surface area contributed by atoms with Gasteiger partial charge < -0.3 is 9.64 Å². The number of hydrogen-bond acceptors (Lipinski definition) is 4. The number of rotatable bonds is 2. The first-order valence-corrected chi connectivity index (χ1v) is 7.39. The van der Waals surface area contributed by atoms with E-state index in [1.165, 1.54) is 16.6 Å². The van der Waals surface area contributed by atoms with Crippen molar-refractivity contribution in [1.29, 1.82) is 5.26 Å². The van der Waals surface area contributed by atoms with Crippen LogP contribution < -0.4 is 4.90 Å². The topological polar surface area (TPSA) is 49.2 Å². The van der Waals surface area contributed by atoms with Gasteiger partial charge in [-0.05, 0) is 25.0 Å². The van der Waals surface area contributed by atoms with Crippen LogP contribution in [0.4, 0.5) is 5.69 Å². The molecule has 0 saturated carbocycles. The number of ether oxygens (including phenoxy) is 1. The number of benzene rings is 1. The lowest BCUT2D eigenvalue weighted by Gasteiger charge is -2.34. The van der Waals surface area contributed by atoms with Crippen LogP contribution in [-0.4, -0.2) is 30.8 Å². The number of pyridine rings is 1. The molecule has 1 aliphatic heterocycles. The number of nitriles is 1. The van der Waals surface area contributed by atoms with Gasteiger partial charge in [-0.25, -0.2) is 0 Å². The van der Waals surface area contributed by atoms with Gasteiger partial charge in [0, 0.05) is 17.6 Å². The number of hydrogen-bond donors (Lipinski definition) is 0. The summed E-state index contributed by atoms with van der Waals surface area (Å²) in [6.45, 7) is 6.26. The molecule has 1 aromatic heterocycles. The Labute approximate surface area is 125 Å². The Kier molecular flexibility index (Phi) is 3.76. The number of aryl methyl sites for hydroxylation is 1. The third kappa shape index (κ3) is 2.45. The van der Waals surface area contributed by atoms with E-state index in [1.807, 2.05) is 18.2 Å². The van der Waals surface area contributed by atoms with E-state index in [2.05, 4.69) is 30.9 Å². The van der Waals surface area contributed by atoms with Crippen LogP contribution in [-0.2, 0) is 11.2 Å². The van der Waals surface area contributed by atoms with Crippen LogP contribution >= 0.6 is 0 Å². The average Bonchev–Trinajstić information content (AvgIpc) is 2.53. The van der Waals surface area contributed by atoms with Crippen LogP contribution in [0.5, 0.6) is 0 Å². The highest BCUT2D eigenvalue weighted by Crippen LogP contribution is 2.33. The molecule has 1 unspecified atom stereocenters. The Bertz CT molecular complexity index is 705. The van der Waals surface area contributed by atoms with Crippen molar-refractivity contribution >= 4 is 16.6 Å². The zero-order valence-electron chi connectivity index (χ0n) is 12.5. The monoisotopic (exact) mass is 281 g/mol. The van der Waals surface area contributed by atoms with Crippen LogP contribution in [0.2, 0.25) is 0 Å². The first-order chi connectivity index (χ1) is 10.2. The van der Waals surface area contributed by atoms with Crippen molar-refractivity contribution in [2.75, 3.05) is 24.6 Å². The number of para-hydroxylation sites is 1. The molecule has 4 heteroatoms. The minimum atomic E-state index is -0.351. The normalized spacial score (nSPS) is 18.7. The zero-order valence-corrected chi connectivity index (χ0v) is 12.5. The summed E-state index contributed by atoms with van der Waals surface area (Å²) in [5.41, 5.74) is 4.59. The van der Waals surface area contributed by atoms with E-state index >= 15 is 0 Å². The maximum Gasteiger partial charge on any atom is 0.161 e. The van der Waals surface area contributed by atoms with Crippen LogP contribution in [0.1, 0.15) is 18.2 Å². The standard InChI is InChI=1S/C17H19N3O/c1-3-14-12(2)19-16-7-5-4-6-15(16)17(14)20-8-9-21-13(10-18)11-20/h4-7,13H,3,8-9,11H2,1-2H3. The van der Waals surface area contributed by atoms with Gasteiger partial charge in [-0.3, -0.25) is 4.98 Å². The second kappa shape index (κ2) is 5.71. The highest BCUT2D eigenvalue weighted by molar-refractivity contribution is 5.94. The summed E-state index contributed by atoms with van der Waals surface area (Å²) in [6, 6.07) is 10.5. The van der Waals surface area contributed by atoms with Crippen molar-refractivity contribution in [2.24, 2.45) is 0 Å². The highest BCUT2D eigenvalue weighted by atomic mass is 16.5. The molecule has 2 heterocycles. The van der Waals surface area contributed by atoms with Gasteiger partial charge in [0.15, 0.2) is 6.10 Å². The number of fused-ring (bicyclic) bond motifs is 1. The van der Waals surface area contributed by atoms with Crippen molar-refractivity contribution < 1.29 is 4.74 Å². The molecule has 0 N–H and O–H groups in total. The summed E-state index contributed by atoms with van der Waals surface area (Å²) in [5, 5.41) is 10.3. The molecule has 0 spiro atoms. The van der Waals surface area contributed by atoms with Crippen LogP contribution in [0.15, 0.2) is 24.3 Å². The molecule has 1 aliphatic rings. The summed E-state index contributed by atoms with van der Waals surface area (Å²) in [7, 11) is 0. The van der Waals surface area contributed by atoms with Gasteiger partial charge in [-0.2, -0.15) is 5.26 Å². The van der Waals surface area contributed by atoms with E-state index in [4.69, 9.17) is 15.0 Å². The van der Waals surface area contributed by atoms with E-state index in [1.54, 1.807) is 0 Å². The Morgan fingerprint density at radius 1 is 1.43 bits per heavy atom. The summed E-state index contributed by atoms with van der Waals surface area (Å²) >= 11 is 0. The van der Waals surface area contributed by atoms with Gasteiger partial charge in [0.2, 0.25) is 0 Å². The van der Waals surface area contributed by atoms with Crippen molar-refractivity contribution in [3.63, 3.8) is 0 Å². The minimum absolute atomic E-state index is 0.351. The van der Waals surface area contributed by atoms with Crippen LogP contribution in [0, 0.1) is 18.3 Å². The van der Waals surface area contributed by atoms with Gasteiger partial charge in [-0.1, -0.05) is 25.1 Å². The van der Waals surface area contributed by atoms with Crippen molar-refractivity contribution in [1.82, 2.24) is 4.98 Å². The van der Waals surface area contributed by atoms with Crippen molar-refractivity contribution in [3.05, 3.63) is 35.5 Å². The lowest BCUT2D eigenvalue weighted by atomic mass is 10.0. The molecule has 1 aromatic carbocycles. The molecule has 2 aromatic rings. The Morgan fingerprint density at radius 3 is 3.00 bits per heavy atom. The highest BCUT2D eigenvalue weighted by Gasteiger charge is 2.24. The molecular weight excluding hydrogens is 262 g/mol. The predicted molar refractivity (Wildman–Crippen MR) is 83.4 cm³/mol. The third-order valence-corrected chi connectivity index (χ3v) is 4.05. The number of anilines is 1. The molecule has 108 valence electrons. The third-order valence-electron chi connectivity index (χ3n) is 4.05. The van der Waals surface area contributed by atoms with E-state index in [0.29, 0.717) is 13.2 Å². The van der Waals surface area contributed by atoms with E-state index in [-0.39, 0.29) is 6.10 Å². The number of morpholine rings is 1. The summed E-state index contributed by atoms with van der Waals surface area (Å²) in [6.07, 6.45) is 0.587. The van der Waals surface area contributed by atoms with Crippen LogP contribution in [0.25, 0.3) is 10.9 Å². The average molecular weight is 281 g/mol. The largest absolute Gasteiger partial charge is 0.365 e. The maximum absolute atomic E-state index is 9.14. The molecule has 4 nitrogen and oxygen atoms in total. The van der Waals surface area contributed by atoms with E-state index < -0.39 is 0 Å². The first-order valence-electron chi connectivity index (χ1n) is 7.39. The van der Waals surface area contributed by atoms with E-state index in [9.17, 15) is 0 Å². The fraction of sp³-hybridized carbons (Fsp3) is 0.412. The fourth-order valence-electron chi connectivity index (χ4n) is 3.07. The van der Waals surface area contributed by atoms with Gasteiger partial charge in [0.1, 0.15) is 0 Å². The van der Waals surface area contributed by atoms with Gasteiger partial charge >= 0.3 is 0 Å². The smallest absolute Gasteiger partial charge is 0.161 e. The summed E-state index contributed by atoms with van der Waals surface area (Å²) < 4.78 is 5.48. The Morgan fingerprint density at radius 2 is 2.24 bits per heavy atom. The van der Waals surface area contributed by atoms with E-state index in [0.717, 1.165) is 24.2 Å². The predicted octanol–water partition coefficient (Wildman–Crippen LogP) is 2.83. The van der Waals surface area contributed by atoms with Gasteiger partial charge in [0.25, 0.3) is 0 Å². The Balaban J connectivity index is 2.17. The fourth-order valence-corrected chi connectivity index (χ4v) is 3.07. The second-order valence-corrected chi connectivity index (χ2v) is 5.33. The molecule has 3 rings (SSSR count). The molecule has 0 aliphatic carbocycles. The molecule has 1 fully saturated rings. The molecular formula is C17H19N3O. The lowest BCUT2D eigenvalue weighted by Crippen LogP contribution is -2.42. The minimum Gasteiger partial charge on any atom is -0.365 e. The van der Waals surface area contributed by atoms with Gasteiger partial charge in [-0.15, -0.1) is 0 Å². The second-order valence-electron chi connectivity index (χ2n) is 5.33. The molecule has 0 amide bonds. The van der Waals surface area contributed by atoms with Gasteiger partial charge in [0.05, 0.1) is 30.4 Å². The molecule has 1 atom stereocenters. The van der Waals surface area contributed by atoms with Crippen molar-refractivity contribution in [2.45, 2.75) is 26.4 Å². The molecule has 0 bridgehead atoms. The Hall–Kier alpha value is -2.12. The number of nitrogens with zero attached hydrogens (tertiary/aromatic N) is 3. The zero-order chi connectivity index (χ0) is 14.8. The quantitative estimate of drug-likeness (QED) is 0.849. The summed E-state index contributed by atoms with van der Waals surface area (Å²) in [4.78, 5) is 7.00. The number of aromatic nitrogens is 1. The molecule has 0 radical (unpaired) electrons. The molecule has 21 heavy (non-hydrogen) atoms. The SMILES string of the molecule is CCc1c(C)nc2ccccc2c1N1CCOC(C#N)C1. The van der Waals surface area contributed by atoms with Crippen LogP contribution in [0.3, 0.4) is 0 Å². The first kappa shape index (κ1) is 13.8. The maximum atomic E-state index is 9.14. The summed E-state index contributed by atoms with van der Waals surface area (Å²) in [5.74, 6) is 0. The van der Waals surface area contributed by atoms with Crippen molar-refractivity contribution in [3.8, 4) is 6.07 Å². The molecule has 1 saturated heterocycles.